The molecule has 1 amide bonds. The lowest BCUT2D eigenvalue weighted by molar-refractivity contribution is -0.113. The third-order valence-electron chi connectivity index (χ3n) is 4.53. The molecule has 0 bridgehead atoms. The second-order valence-electron chi connectivity index (χ2n) is 6.64. The summed E-state index contributed by atoms with van der Waals surface area (Å²) in [6.45, 7) is 0. The van der Waals surface area contributed by atoms with Gasteiger partial charge in [-0.15, -0.1) is 11.3 Å². The maximum absolute atomic E-state index is 12.5. The topological polar surface area (TPSA) is 80.7 Å². The number of hydrogen-bond donors (Lipinski definition) is 1. The lowest BCUT2D eigenvalue weighted by Gasteiger charge is -2.05. The Morgan fingerprint density at radius 1 is 1.03 bits per heavy atom. The van der Waals surface area contributed by atoms with Crippen LogP contribution in [0.15, 0.2) is 71.3 Å². The zero-order valence-corrected chi connectivity index (χ0v) is 19.6. The molecule has 3 heterocycles. The molecule has 1 N–H and O–H groups in total. The summed E-state index contributed by atoms with van der Waals surface area (Å²) in [6.07, 6.45) is 1.53. The quantitative estimate of drug-likeness (QED) is 0.221. The van der Waals surface area contributed by atoms with Crippen LogP contribution in [0, 0.1) is 0 Å². The smallest absolute Gasteiger partial charge is 0.241 e. The molecule has 0 fully saturated rings. The lowest BCUT2D eigenvalue weighted by atomic mass is 10.1. The SMILES string of the molecule is O=C(CSc1ncnc2scc(-c3ccc(Cl)cc3)c12)Nc1nsc(-c2ccccc2)n1. The van der Waals surface area contributed by atoms with Gasteiger partial charge in [-0.25, -0.2) is 9.97 Å². The van der Waals surface area contributed by atoms with Crippen LogP contribution in [0.2, 0.25) is 5.02 Å². The molecule has 5 aromatic rings. The first-order chi connectivity index (χ1) is 15.7. The molecule has 0 spiro atoms. The molecule has 0 saturated heterocycles. The first-order valence-electron chi connectivity index (χ1n) is 9.47. The van der Waals surface area contributed by atoms with Crippen molar-refractivity contribution >= 4 is 68.3 Å². The summed E-state index contributed by atoms with van der Waals surface area (Å²) in [7, 11) is 0. The number of fused-ring (bicyclic) bond motifs is 1. The molecule has 6 nitrogen and oxygen atoms in total. The van der Waals surface area contributed by atoms with Crippen molar-refractivity contribution in [2.45, 2.75) is 5.03 Å². The van der Waals surface area contributed by atoms with E-state index in [4.69, 9.17) is 11.6 Å². The van der Waals surface area contributed by atoms with Gasteiger partial charge >= 0.3 is 0 Å². The number of thioether (sulfide) groups is 1. The minimum atomic E-state index is -0.192. The van der Waals surface area contributed by atoms with Crippen molar-refractivity contribution in [2.24, 2.45) is 0 Å². The number of nitrogens with one attached hydrogen (secondary N) is 1. The molecule has 0 saturated carbocycles. The number of rotatable bonds is 6. The highest BCUT2D eigenvalue weighted by Crippen LogP contribution is 2.38. The molecule has 0 aliphatic carbocycles. The van der Waals surface area contributed by atoms with Crippen molar-refractivity contribution in [2.75, 3.05) is 11.1 Å². The Bertz CT molecular complexity index is 1390. The molecule has 0 aliphatic heterocycles. The Hall–Kier alpha value is -2.85. The predicted octanol–water partition coefficient (Wildman–Crippen LogP) is 6.26. The maximum Gasteiger partial charge on any atom is 0.241 e. The van der Waals surface area contributed by atoms with Crippen LogP contribution in [-0.2, 0) is 4.79 Å². The molecule has 5 rings (SSSR count). The molecule has 2 aromatic carbocycles. The Morgan fingerprint density at radius 2 is 1.84 bits per heavy atom. The second-order valence-corrected chi connectivity index (χ2v) is 9.65. The van der Waals surface area contributed by atoms with E-state index in [0.29, 0.717) is 11.0 Å². The van der Waals surface area contributed by atoms with Crippen molar-refractivity contribution in [3.8, 4) is 21.7 Å². The first kappa shape index (κ1) is 21.0. The van der Waals surface area contributed by atoms with Gasteiger partial charge in [0.1, 0.15) is 21.2 Å². The highest BCUT2D eigenvalue weighted by molar-refractivity contribution is 8.00. The highest BCUT2D eigenvalue weighted by atomic mass is 35.5. The third kappa shape index (κ3) is 4.51. The van der Waals surface area contributed by atoms with E-state index in [0.717, 1.165) is 36.9 Å². The molecule has 3 aromatic heterocycles. The van der Waals surface area contributed by atoms with Crippen LogP contribution in [0.1, 0.15) is 0 Å². The molecule has 0 atom stereocenters. The van der Waals surface area contributed by atoms with Gasteiger partial charge in [-0.05, 0) is 29.2 Å². The minimum absolute atomic E-state index is 0.182. The number of aromatic nitrogens is 4. The normalized spacial score (nSPS) is 11.0. The first-order valence-corrected chi connectivity index (χ1v) is 12.5. The molecular weight excluding hydrogens is 482 g/mol. The van der Waals surface area contributed by atoms with Gasteiger partial charge in [0.25, 0.3) is 0 Å². The number of halogens is 1. The molecule has 32 heavy (non-hydrogen) atoms. The van der Waals surface area contributed by atoms with E-state index in [1.165, 1.54) is 29.6 Å². The van der Waals surface area contributed by atoms with Crippen molar-refractivity contribution < 1.29 is 4.79 Å². The number of amides is 1. The standard InChI is InChI=1S/C22H14ClN5OS3/c23-15-8-6-13(7-9-15)16-10-30-20-18(16)21(25-12-24-20)31-11-17(29)26-22-27-19(32-28-22)14-4-2-1-3-5-14/h1-10,12H,11H2,(H,26,28,29). The van der Waals surface area contributed by atoms with Crippen LogP contribution in [0.4, 0.5) is 5.95 Å². The summed E-state index contributed by atoms with van der Waals surface area (Å²) >= 11 is 10.2. The van der Waals surface area contributed by atoms with Crippen LogP contribution in [0.5, 0.6) is 0 Å². The molecule has 0 aliphatic rings. The Kier molecular flexibility index (Phi) is 6.13. The van der Waals surface area contributed by atoms with Gasteiger partial charge in [0.15, 0.2) is 0 Å². The fourth-order valence-corrected chi connectivity index (χ4v) is 5.61. The van der Waals surface area contributed by atoms with E-state index in [1.807, 2.05) is 54.6 Å². The average Bonchev–Trinajstić information content (AvgIpc) is 3.46. The molecular formula is C22H14ClN5OS3. The second kappa shape index (κ2) is 9.33. The van der Waals surface area contributed by atoms with Crippen molar-refractivity contribution in [3.63, 3.8) is 0 Å². The zero-order chi connectivity index (χ0) is 21.9. The number of carbonyl (C=O) groups excluding carboxylic acids is 1. The van der Waals surface area contributed by atoms with Crippen molar-refractivity contribution in [3.05, 3.63) is 71.3 Å². The summed E-state index contributed by atoms with van der Waals surface area (Å²) in [6, 6.07) is 17.4. The van der Waals surface area contributed by atoms with Crippen LogP contribution in [-0.4, -0.2) is 31.0 Å². The number of carbonyl (C=O) groups is 1. The summed E-state index contributed by atoms with van der Waals surface area (Å²) in [5, 5.41) is 7.96. The largest absolute Gasteiger partial charge is 0.293 e. The van der Waals surface area contributed by atoms with Crippen LogP contribution >= 0.6 is 46.2 Å². The molecule has 10 heteroatoms. The fourth-order valence-electron chi connectivity index (χ4n) is 3.07. The van der Waals surface area contributed by atoms with E-state index < -0.39 is 0 Å². The third-order valence-corrected chi connectivity index (χ3v) is 7.42. The Morgan fingerprint density at radius 3 is 2.66 bits per heavy atom. The predicted molar refractivity (Wildman–Crippen MR) is 133 cm³/mol. The van der Waals surface area contributed by atoms with E-state index in [-0.39, 0.29) is 11.7 Å². The van der Waals surface area contributed by atoms with Crippen LogP contribution in [0.3, 0.4) is 0 Å². The van der Waals surface area contributed by atoms with E-state index in [9.17, 15) is 4.79 Å². The lowest BCUT2D eigenvalue weighted by Crippen LogP contribution is -2.15. The monoisotopic (exact) mass is 495 g/mol. The number of hydrogen-bond acceptors (Lipinski definition) is 8. The molecule has 0 radical (unpaired) electrons. The number of benzene rings is 2. The van der Waals surface area contributed by atoms with Crippen molar-refractivity contribution in [1.82, 2.24) is 19.3 Å². The fraction of sp³-hybridized carbons (Fsp3) is 0.0455. The number of nitrogens with zero attached hydrogens (tertiary/aromatic N) is 4. The summed E-state index contributed by atoms with van der Waals surface area (Å²) in [5.41, 5.74) is 3.02. The number of anilines is 1. The summed E-state index contributed by atoms with van der Waals surface area (Å²) in [5.74, 6) is 0.300. The van der Waals surface area contributed by atoms with Crippen LogP contribution < -0.4 is 5.32 Å². The number of thiophene rings is 1. The van der Waals surface area contributed by atoms with E-state index in [1.54, 1.807) is 11.3 Å². The van der Waals surface area contributed by atoms with Gasteiger partial charge in [0.2, 0.25) is 11.9 Å². The average molecular weight is 496 g/mol. The van der Waals surface area contributed by atoms with Gasteiger partial charge in [-0.3, -0.25) is 10.1 Å². The van der Waals surface area contributed by atoms with Crippen molar-refractivity contribution in [1.29, 1.82) is 0 Å². The minimum Gasteiger partial charge on any atom is -0.293 e. The highest BCUT2D eigenvalue weighted by Gasteiger charge is 2.16. The molecule has 0 unspecified atom stereocenters. The van der Waals surface area contributed by atoms with Gasteiger partial charge in [-0.2, -0.15) is 9.36 Å². The van der Waals surface area contributed by atoms with Gasteiger partial charge in [0.05, 0.1) is 11.1 Å². The van der Waals surface area contributed by atoms with Gasteiger partial charge in [-0.1, -0.05) is 65.8 Å². The van der Waals surface area contributed by atoms with Gasteiger partial charge in [0, 0.05) is 21.5 Å². The van der Waals surface area contributed by atoms with E-state index in [2.05, 4.69) is 30.0 Å². The molecule has 158 valence electrons. The van der Waals surface area contributed by atoms with Gasteiger partial charge < -0.3 is 0 Å². The Labute approximate surface area is 200 Å². The van der Waals surface area contributed by atoms with Crippen LogP contribution in [0.25, 0.3) is 31.9 Å². The summed E-state index contributed by atoms with van der Waals surface area (Å²) < 4.78 is 4.24. The summed E-state index contributed by atoms with van der Waals surface area (Å²) in [4.78, 5) is 26.6. The zero-order valence-electron chi connectivity index (χ0n) is 16.4. The maximum atomic E-state index is 12.5. The Balaban J connectivity index is 1.31. The van der Waals surface area contributed by atoms with E-state index >= 15 is 0 Å².